The average molecular weight is 419 g/mol. The molecule has 1 N–H and O–H groups in total. The van der Waals surface area contributed by atoms with Gasteiger partial charge in [0, 0.05) is 43.0 Å². The molecule has 0 radical (unpaired) electrons. The van der Waals surface area contributed by atoms with Gasteiger partial charge in [-0.3, -0.25) is 9.78 Å². The molecule has 0 unspecified atom stereocenters. The number of halogens is 1. The first-order valence-electron chi connectivity index (χ1n) is 10.8. The van der Waals surface area contributed by atoms with Crippen LogP contribution in [0.25, 0.3) is 10.9 Å². The summed E-state index contributed by atoms with van der Waals surface area (Å²) in [5, 5.41) is 4.03. The molecule has 1 saturated carbocycles. The molecule has 0 atom stereocenters. The van der Waals surface area contributed by atoms with Crippen LogP contribution in [-0.2, 0) is 5.54 Å². The molecule has 31 heavy (non-hydrogen) atoms. The summed E-state index contributed by atoms with van der Waals surface area (Å²) in [5.41, 5.74) is 3.52. The first-order chi connectivity index (χ1) is 14.9. The van der Waals surface area contributed by atoms with E-state index in [1.165, 1.54) is 6.07 Å². The number of benzene rings is 2. The summed E-state index contributed by atoms with van der Waals surface area (Å²) in [6, 6.07) is 13.5. The summed E-state index contributed by atoms with van der Waals surface area (Å²) in [5.74, 6) is -0.424. The molecule has 2 aromatic carbocycles. The van der Waals surface area contributed by atoms with E-state index in [-0.39, 0.29) is 11.7 Å². The number of hydrogen-bond donors (Lipinski definition) is 1. The highest BCUT2D eigenvalue weighted by Crippen LogP contribution is 2.48. The van der Waals surface area contributed by atoms with Gasteiger partial charge in [0.15, 0.2) is 0 Å². The Labute approximate surface area is 181 Å². The molecule has 3 aromatic rings. The number of fused-ring (bicyclic) bond motifs is 1. The van der Waals surface area contributed by atoms with E-state index in [2.05, 4.69) is 40.3 Å². The van der Waals surface area contributed by atoms with Crippen LogP contribution in [0.5, 0.6) is 0 Å². The van der Waals surface area contributed by atoms with Crippen molar-refractivity contribution in [3.8, 4) is 0 Å². The van der Waals surface area contributed by atoms with E-state index in [0.29, 0.717) is 17.1 Å². The third-order valence-electron chi connectivity index (χ3n) is 6.80. The molecule has 6 heteroatoms. The van der Waals surface area contributed by atoms with Crippen LogP contribution in [0, 0.1) is 12.7 Å². The minimum atomic E-state index is -0.461. The van der Waals surface area contributed by atoms with Crippen molar-refractivity contribution in [2.75, 3.05) is 32.1 Å². The topological polar surface area (TPSA) is 48.5 Å². The van der Waals surface area contributed by atoms with Gasteiger partial charge in [-0.05, 0) is 62.2 Å². The van der Waals surface area contributed by atoms with Crippen molar-refractivity contribution in [2.45, 2.75) is 31.3 Å². The largest absolute Gasteiger partial charge is 0.369 e. The smallest absolute Gasteiger partial charge is 0.252 e. The molecule has 0 bridgehead atoms. The van der Waals surface area contributed by atoms with E-state index >= 15 is 0 Å². The first-order valence-corrected chi connectivity index (χ1v) is 10.8. The fourth-order valence-corrected chi connectivity index (χ4v) is 4.62. The fourth-order valence-electron chi connectivity index (χ4n) is 4.62. The maximum absolute atomic E-state index is 14.2. The maximum atomic E-state index is 14.2. The van der Waals surface area contributed by atoms with E-state index in [1.54, 1.807) is 12.3 Å². The van der Waals surface area contributed by atoms with Gasteiger partial charge in [0.05, 0.1) is 11.6 Å². The van der Waals surface area contributed by atoms with Crippen molar-refractivity contribution in [2.24, 2.45) is 0 Å². The van der Waals surface area contributed by atoms with Crippen LogP contribution in [0.4, 0.5) is 10.1 Å². The second-order valence-electron chi connectivity index (χ2n) is 9.02. The van der Waals surface area contributed by atoms with Crippen molar-refractivity contribution >= 4 is 22.5 Å². The number of likely N-dealkylation sites (tertiary alicyclic amines) is 1. The molecule has 5 nitrogen and oxygen atoms in total. The number of pyridine rings is 1. The summed E-state index contributed by atoms with van der Waals surface area (Å²) < 4.78 is 14.2. The lowest BCUT2D eigenvalue weighted by atomic mass is 9.97. The number of aromatic nitrogens is 1. The lowest BCUT2D eigenvalue weighted by Crippen LogP contribution is -2.56. The van der Waals surface area contributed by atoms with Crippen LogP contribution in [0.1, 0.15) is 34.3 Å². The second kappa shape index (κ2) is 7.31. The molecule has 2 fully saturated rings. The molecular weight excluding hydrogens is 391 g/mol. The molecular formula is C25H27FN4O. The van der Waals surface area contributed by atoms with Gasteiger partial charge >= 0.3 is 0 Å². The Morgan fingerprint density at radius 3 is 2.71 bits per heavy atom. The molecule has 160 valence electrons. The minimum Gasteiger partial charge on any atom is -0.369 e. The predicted octanol–water partition coefficient (Wildman–Crippen LogP) is 3.85. The van der Waals surface area contributed by atoms with Crippen molar-refractivity contribution in [1.29, 1.82) is 0 Å². The Bertz CT molecular complexity index is 1170. The number of nitrogens with zero attached hydrogens (tertiary/aromatic N) is 3. The standard InChI is InChI=1S/C25H27FN4O/c1-16-6-7-17(30(3)18-14-29(2)15-18)13-20(16)24(31)28-25(10-11-25)21-8-9-22(26)23-19(21)5-4-12-27-23/h4-9,12-13,18H,10-11,14-15H2,1-3H3,(H,28,31). The predicted molar refractivity (Wildman–Crippen MR) is 121 cm³/mol. The maximum Gasteiger partial charge on any atom is 0.252 e. The molecule has 1 saturated heterocycles. The summed E-state index contributed by atoms with van der Waals surface area (Å²) in [7, 11) is 4.20. The Hall–Kier alpha value is -2.99. The molecule has 0 spiro atoms. The van der Waals surface area contributed by atoms with Gasteiger partial charge in [-0.1, -0.05) is 18.2 Å². The quantitative estimate of drug-likeness (QED) is 0.684. The summed E-state index contributed by atoms with van der Waals surface area (Å²) in [4.78, 5) is 22.1. The third kappa shape index (κ3) is 3.45. The highest BCUT2D eigenvalue weighted by atomic mass is 19.1. The first kappa shape index (κ1) is 19.9. The molecule has 5 rings (SSSR count). The summed E-state index contributed by atoms with van der Waals surface area (Å²) >= 11 is 0. The van der Waals surface area contributed by atoms with Crippen LogP contribution >= 0.6 is 0 Å². The van der Waals surface area contributed by atoms with Crippen LogP contribution in [0.3, 0.4) is 0 Å². The normalized spacial score (nSPS) is 17.9. The Balaban J connectivity index is 1.43. The van der Waals surface area contributed by atoms with Gasteiger partial charge in [-0.25, -0.2) is 4.39 Å². The highest BCUT2D eigenvalue weighted by Gasteiger charge is 2.47. The van der Waals surface area contributed by atoms with E-state index in [9.17, 15) is 9.18 Å². The number of carbonyl (C=O) groups is 1. The number of likely N-dealkylation sites (N-methyl/N-ethyl adjacent to an activating group) is 2. The molecule has 2 aliphatic rings. The van der Waals surface area contributed by atoms with E-state index in [4.69, 9.17) is 0 Å². The zero-order valence-corrected chi connectivity index (χ0v) is 18.2. The number of carbonyl (C=O) groups excluding carboxylic acids is 1. The zero-order valence-electron chi connectivity index (χ0n) is 18.2. The van der Waals surface area contributed by atoms with Crippen LogP contribution in [0.15, 0.2) is 48.7 Å². The molecule has 1 amide bonds. The van der Waals surface area contributed by atoms with Gasteiger partial charge in [-0.15, -0.1) is 0 Å². The lowest BCUT2D eigenvalue weighted by Gasteiger charge is -2.43. The van der Waals surface area contributed by atoms with Crippen LogP contribution < -0.4 is 10.2 Å². The lowest BCUT2D eigenvalue weighted by molar-refractivity contribution is 0.0930. The number of amides is 1. The Morgan fingerprint density at radius 2 is 2.00 bits per heavy atom. The Kier molecular flexibility index (Phi) is 4.70. The van der Waals surface area contributed by atoms with E-state index in [1.807, 2.05) is 31.2 Å². The van der Waals surface area contributed by atoms with E-state index in [0.717, 1.165) is 48.1 Å². The Morgan fingerprint density at radius 1 is 1.23 bits per heavy atom. The van der Waals surface area contributed by atoms with Crippen molar-refractivity contribution in [1.82, 2.24) is 15.2 Å². The second-order valence-corrected chi connectivity index (χ2v) is 9.02. The summed E-state index contributed by atoms with van der Waals surface area (Å²) in [6.07, 6.45) is 3.27. The zero-order chi connectivity index (χ0) is 21.8. The number of aryl methyl sites for hydroxylation is 1. The summed E-state index contributed by atoms with van der Waals surface area (Å²) in [6.45, 7) is 4.02. The van der Waals surface area contributed by atoms with Gasteiger partial charge in [0.25, 0.3) is 5.91 Å². The SMILES string of the molecule is Cc1ccc(N(C)C2CN(C)C2)cc1C(=O)NC1(c2ccc(F)c3ncccc23)CC1. The van der Waals surface area contributed by atoms with E-state index < -0.39 is 5.54 Å². The molecule has 1 aliphatic heterocycles. The number of hydrogen-bond acceptors (Lipinski definition) is 4. The molecule has 1 aromatic heterocycles. The van der Waals surface area contributed by atoms with Gasteiger partial charge in [-0.2, -0.15) is 0 Å². The average Bonchev–Trinajstić information content (AvgIpc) is 3.52. The minimum absolute atomic E-state index is 0.0858. The molecule has 2 heterocycles. The highest BCUT2D eigenvalue weighted by molar-refractivity contribution is 5.98. The van der Waals surface area contributed by atoms with Crippen LogP contribution in [-0.4, -0.2) is 49.0 Å². The monoisotopic (exact) mass is 418 g/mol. The number of nitrogens with one attached hydrogen (secondary N) is 1. The van der Waals surface area contributed by atoms with Crippen molar-refractivity contribution in [3.05, 3.63) is 71.2 Å². The van der Waals surface area contributed by atoms with Crippen molar-refractivity contribution < 1.29 is 9.18 Å². The van der Waals surface area contributed by atoms with Gasteiger partial charge in [0.2, 0.25) is 0 Å². The van der Waals surface area contributed by atoms with Gasteiger partial charge < -0.3 is 15.1 Å². The molecule has 1 aliphatic carbocycles. The van der Waals surface area contributed by atoms with Crippen LogP contribution in [0.2, 0.25) is 0 Å². The van der Waals surface area contributed by atoms with Crippen molar-refractivity contribution in [3.63, 3.8) is 0 Å². The fraction of sp³-hybridized carbons (Fsp3) is 0.360. The third-order valence-corrected chi connectivity index (χ3v) is 6.80. The number of anilines is 1. The van der Waals surface area contributed by atoms with Gasteiger partial charge in [0.1, 0.15) is 11.3 Å². The number of rotatable bonds is 5.